The van der Waals surface area contributed by atoms with Crippen LogP contribution in [0.3, 0.4) is 0 Å². The van der Waals surface area contributed by atoms with Crippen molar-refractivity contribution in [3.05, 3.63) is 0 Å². The maximum absolute atomic E-state index is 12.8. The summed E-state index contributed by atoms with van der Waals surface area (Å²) in [6, 6.07) is 0. The van der Waals surface area contributed by atoms with Crippen molar-refractivity contribution in [2.24, 2.45) is 5.41 Å². The number of hydrogen-bond donors (Lipinski definition) is 0. The summed E-state index contributed by atoms with van der Waals surface area (Å²) < 4.78 is 73.1. The molecule has 0 N–H and O–H groups in total. The van der Waals surface area contributed by atoms with E-state index in [4.69, 9.17) is 0 Å². The third-order valence-electron chi connectivity index (χ3n) is 4.32. The molecular weight excluding hydrogens is 299 g/mol. The van der Waals surface area contributed by atoms with E-state index in [2.05, 4.69) is 0 Å². The summed E-state index contributed by atoms with van der Waals surface area (Å²) in [5, 5.41) is 0. The summed E-state index contributed by atoms with van der Waals surface area (Å²) in [6.45, 7) is 9.27. The lowest BCUT2D eigenvalue weighted by Gasteiger charge is -2.40. The Morgan fingerprint density at radius 3 is 1.75 bits per heavy atom. The first kappa shape index (κ1) is 19.8. The zero-order chi connectivity index (χ0) is 16.4. The fourth-order valence-electron chi connectivity index (χ4n) is 1.56. The Bertz CT molecular complexity index is 347. The van der Waals surface area contributed by atoms with Crippen molar-refractivity contribution >= 4 is 10.8 Å². The maximum atomic E-state index is 12.8. The average molecular weight is 322 g/mol. The summed E-state index contributed by atoms with van der Waals surface area (Å²) >= 11 is 0. The molecule has 1 unspecified atom stereocenters. The standard InChI is InChI=1S/C13H23F5OS/c1-6-10(2,3)11(4,5)20(19)9-7-8-12(14,15)13(16,17)18/h6-9H2,1-5H3. The average Bonchev–Trinajstić information content (AvgIpc) is 2.26. The predicted molar refractivity (Wildman–Crippen MR) is 71.4 cm³/mol. The summed E-state index contributed by atoms with van der Waals surface area (Å²) in [5.74, 6) is -4.86. The maximum Gasteiger partial charge on any atom is 0.453 e. The van der Waals surface area contributed by atoms with Gasteiger partial charge in [-0.3, -0.25) is 4.21 Å². The molecule has 0 aromatic rings. The number of hydrogen-bond acceptors (Lipinski definition) is 1. The largest absolute Gasteiger partial charge is 0.453 e. The molecule has 0 radical (unpaired) electrons. The summed E-state index contributed by atoms with van der Waals surface area (Å²) in [6.07, 6.45) is -6.52. The van der Waals surface area contributed by atoms with Gasteiger partial charge in [-0.15, -0.1) is 0 Å². The fraction of sp³-hybridized carbons (Fsp3) is 1.00. The zero-order valence-electron chi connectivity index (χ0n) is 12.5. The SMILES string of the molecule is CCC(C)(C)C(C)(C)S(=O)CCCC(F)(F)C(F)(F)F. The first-order chi connectivity index (χ1) is 8.69. The second kappa shape index (κ2) is 6.28. The highest BCUT2D eigenvalue weighted by molar-refractivity contribution is 7.86. The van der Waals surface area contributed by atoms with Crippen LogP contribution in [0, 0.1) is 5.41 Å². The smallest absolute Gasteiger partial charge is 0.259 e. The summed E-state index contributed by atoms with van der Waals surface area (Å²) in [4.78, 5) is 0. The van der Waals surface area contributed by atoms with Gasteiger partial charge < -0.3 is 0 Å². The molecule has 0 heterocycles. The highest BCUT2D eigenvalue weighted by Crippen LogP contribution is 2.41. The molecule has 0 spiro atoms. The van der Waals surface area contributed by atoms with Crippen LogP contribution >= 0.6 is 0 Å². The van der Waals surface area contributed by atoms with Crippen LogP contribution < -0.4 is 0 Å². The molecule has 7 heteroatoms. The number of rotatable bonds is 7. The Morgan fingerprint density at radius 1 is 0.950 bits per heavy atom. The Balaban J connectivity index is 4.60. The minimum atomic E-state index is -5.54. The first-order valence-corrected chi connectivity index (χ1v) is 7.84. The second-order valence-corrected chi connectivity index (χ2v) is 8.22. The molecule has 20 heavy (non-hydrogen) atoms. The lowest BCUT2D eigenvalue weighted by atomic mass is 9.78. The van der Waals surface area contributed by atoms with Crippen LogP contribution in [0.1, 0.15) is 53.9 Å². The van der Waals surface area contributed by atoms with Crippen molar-refractivity contribution in [3.8, 4) is 0 Å². The van der Waals surface area contributed by atoms with E-state index in [1.807, 2.05) is 20.8 Å². The van der Waals surface area contributed by atoms with E-state index < -0.39 is 40.5 Å². The minimum absolute atomic E-state index is 0.151. The van der Waals surface area contributed by atoms with E-state index in [9.17, 15) is 26.2 Å². The molecule has 0 aliphatic heterocycles. The molecule has 0 fully saturated rings. The van der Waals surface area contributed by atoms with Crippen LogP contribution in [0.15, 0.2) is 0 Å². The Labute approximate surface area is 119 Å². The molecule has 0 saturated heterocycles. The molecule has 0 bridgehead atoms. The van der Waals surface area contributed by atoms with Gasteiger partial charge in [0.1, 0.15) is 0 Å². The van der Waals surface area contributed by atoms with Crippen LogP contribution in [0.25, 0.3) is 0 Å². The molecule has 0 aliphatic rings. The van der Waals surface area contributed by atoms with Gasteiger partial charge in [0.15, 0.2) is 0 Å². The molecule has 122 valence electrons. The topological polar surface area (TPSA) is 17.1 Å². The van der Waals surface area contributed by atoms with Crippen LogP contribution in [-0.2, 0) is 10.8 Å². The third-order valence-corrected chi connectivity index (χ3v) is 6.67. The van der Waals surface area contributed by atoms with Gasteiger partial charge in [-0.05, 0) is 32.1 Å². The highest BCUT2D eigenvalue weighted by Gasteiger charge is 2.56. The van der Waals surface area contributed by atoms with E-state index in [0.29, 0.717) is 0 Å². The van der Waals surface area contributed by atoms with Crippen molar-refractivity contribution < 1.29 is 26.2 Å². The van der Waals surface area contributed by atoms with Crippen LogP contribution in [0.2, 0.25) is 0 Å². The van der Waals surface area contributed by atoms with E-state index in [0.717, 1.165) is 6.42 Å². The normalized spacial score (nSPS) is 16.3. The van der Waals surface area contributed by atoms with Gasteiger partial charge in [-0.25, -0.2) is 0 Å². The van der Waals surface area contributed by atoms with E-state index in [1.54, 1.807) is 13.8 Å². The highest BCUT2D eigenvalue weighted by atomic mass is 32.2. The van der Waals surface area contributed by atoms with Crippen LogP contribution in [0.4, 0.5) is 22.0 Å². The van der Waals surface area contributed by atoms with Gasteiger partial charge in [0.2, 0.25) is 0 Å². The van der Waals surface area contributed by atoms with Crippen molar-refractivity contribution in [3.63, 3.8) is 0 Å². The van der Waals surface area contributed by atoms with Gasteiger partial charge in [0.05, 0.1) is 0 Å². The third kappa shape index (κ3) is 4.40. The van der Waals surface area contributed by atoms with E-state index in [1.165, 1.54) is 0 Å². The quantitative estimate of drug-likeness (QED) is 0.608. The minimum Gasteiger partial charge on any atom is -0.259 e. The van der Waals surface area contributed by atoms with Crippen molar-refractivity contribution in [2.45, 2.75) is 70.7 Å². The Hall–Kier alpha value is -0.200. The molecule has 0 rings (SSSR count). The van der Waals surface area contributed by atoms with Gasteiger partial charge in [0.25, 0.3) is 0 Å². The van der Waals surface area contributed by atoms with Gasteiger partial charge in [-0.1, -0.05) is 20.8 Å². The molecular formula is C13H23F5OS. The van der Waals surface area contributed by atoms with Gasteiger partial charge in [0, 0.05) is 27.7 Å². The molecule has 0 aromatic carbocycles. The molecule has 0 aromatic heterocycles. The molecule has 0 amide bonds. The lowest BCUT2D eigenvalue weighted by Crippen LogP contribution is -2.44. The Kier molecular flexibility index (Phi) is 6.22. The van der Waals surface area contributed by atoms with E-state index in [-0.39, 0.29) is 11.2 Å². The molecule has 1 nitrogen and oxygen atoms in total. The Morgan fingerprint density at radius 2 is 1.40 bits per heavy atom. The van der Waals surface area contributed by atoms with Crippen molar-refractivity contribution in [1.29, 1.82) is 0 Å². The summed E-state index contributed by atoms with van der Waals surface area (Å²) in [5.41, 5.74) is -0.287. The lowest BCUT2D eigenvalue weighted by molar-refractivity contribution is -0.284. The molecule has 0 saturated carbocycles. The van der Waals surface area contributed by atoms with Gasteiger partial charge in [-0.2, -0.15) is 22.0 Å². The second-order valence-electron chi connectivity index (χ2n) is 6.10. The number of alkyl halides is 5. The van der Waals surface area contributed by atoms with Crippen LogP contribution in [-0.4, -0.2) is 26.8 Å². The molecule has 1 atom stereocenters. The number of halogens is 5. The van der Waals surface area contributed by atoms with Crippen molar-refractivity contribution in [1.82, 2.24) is 0 Å². The van der Waals surface area contributed by atoms with E-state index >= 15 is 0 Å². The summed E-state index contributed by atoms with van der Waals surface area (Å²) in [7, 11) is -1.46. The first-order valence-electron chi connectivity index (χ1n) is 6.52. The monoisotopic (exact) mass is 322 g/mol. The predicted octanol–water partition coefficient (Wildman–Crippen LogP) is 4.93. The fourth-order valence-corrected chi connectivity index (χ4v) is 3.23. The van der Waals surface area contributed by atoms with Crippen molar-refractivity contribution in [2.75, 3.05) is 5.75 Å². The zero-order valence-corrected chi connectivity index (χ0v) is 13.4. The van der Waals surface area contributed by atoms with Gasteiger partial charge >= 0.3 is 12.1 Å². The van der Waals surface area contributed by atoms with Crippen LogP contribution in [0.5, 0.6) is 0 Å². The molecule has 0 aliphatic carbocycles.